The van der Waals surface area contributed by atoms with Crippen molar-refractivity contribution >= 4 is 11.4 Å². The predicted octanol–water partition coefficient (Wildman–Crippen LogP) is -0.295. The first-order valence-corrected chi connectivity index (χ1v) is 6.02. The van der Waals surface area contributed by atoms with Gasteiger partial charge in [0.15, 0.2) is 0 Å². The van der Waals surface area contributed by atoms with Gasteiger partial charge >= 0.3 is 0 Å². The summed E-state index contributed by atoms with van der Waals surface area (Å²) in [4.78, 5) is 24.8. The molecular weight excluding hydrogens is 234 g/mol. The molecule has 0 spiro atoms. The quantitative estimate of drug-likeness (QED) is 0.466. The molecule has 0 aliphatic heterocycles. The molecule has 1 aromatic rings. The lowest BCUT2D eigenvalue weighted by Crippen LogP contribution is -2.38. The van der Waals surface area contributed by atoms with Gasteiger partial charge in [0.2, 0.25) is 0 Å². The lowest BCUT2D eigenvalue weighted by molar-refractivity contribution is 0.210. The van der Waals surface area contributed by atoms with Crippen LogP contribution in [0, 0.1) is 0 Å². The number of nitrogens with zero attached hydrogens (tertiary/aromatic N) is 1. The van der Waals surface area contributed by atoms with Crippen LogP contribution in [0.4, 0.5) is 11.4 Å². The highest BCUT2D eigenvalue weighted by molar-refractivity contribution is 5.73. The maximum absolute atomic E-state index is 11.4. The van der Waals surface area contributed by atoms with Crippen LogP contribution in [0.15, 0.2) is 9.59 Å². The second-order valence-corrected chi connectivity index (χ2v) is 4.41. The average molecular weight is 255 g/mol. The minimum atomic E-state index is -0.443. The normalized spacial score (nSPS) is 11.1. The molecule has 6 heteroatoms. The fourth-order valence-corrected chi connectivity index (χ4v) is 1.62. The van der Waals surface area contributed by atoms with Crippen molar-refractivity contribution in [2.75, 3.05) is 58.1 Å². The van der Waals surface area contributed by atoms with Crippen molar-refractivity contribution in [2.45, 2.75) is 6.42 Å². The van der Waals surface area contributed by atoms with Crippen molar-refractivity contribution in [2.24, 2.45) is 0 Å². The molecule has 102 valence electrons. The molecule has 0 atom stereocenters. The Labute approximate surface area is 107 Å². The monoisotopic (exact) mass is 255 g/mol. The van der Waals surface area contributed by atoms with Gasteiger partial charge in [-0.05, 0) is 27.1 Å². The topological polar surface area (TPSA) is 70.7 Å². The molecule has 0 unspecified atom stereocenters. The van der Waals surface area contributed by atoms with Gasteiger partial charge in [-0.1, -0.05) is 0 Å². The molecule has 2 N–H and O–H groups in total. The first-order valence-electron chi connectivity index (χ1n) is 6.02. The number of anilines is 2. The van der Waals surface area contributed by atoms with Crippen LogP contribution in [0.3, 0.4) is 0 Å². The van der Waals surface area contributed by atoms with Crippen molar-refractivity contribution in [3.05, 3.63) is 20.4 Å². The third-order valence-electron chi connectivity index (χ3n) is 2.60. The highest BCUT2D eigenvalue weighted by atomic mass is 16.5. The maximum Gasteiger partial charge on any atom is 0.253 e. The summed E-state index contributed by atoms with van der Waals surface area (Å²) >= 11 is 0. The van der Waals surface area contributed by atoms with Gasteiger partial charge in [-0.2, -0.15) is 0 Å². The Hall–Kier alpha value is -1.40. The SMILES string of the molecule is COCCNc1c(NCCCN(C)C)c(=O)c1=O. The molecule has 0 aliphatic carbocycles. The summed E-state index contributed by atoms with van der Waals surface area (Å²) in [5.74, 6) is 0. The van der Waals surface area contributed by atoms with E-state index in [-0.39, 0.29) is 0 Å². The van der Waals surface area contributed by atoms with E-state index in [0.717, 1.165) is 13.0 Å². The summed E-state index contributed by atoms with van der Waals surface area (Å²) in [5, 5.41) is 5.92. The zero-order valence-electron chi connectivity index (χ0n) is 11.2. The van der Waals surface area contributed by atoms with Crippen LogP contribution >= 0.6 is 0 Å². The van der Waals surface area contributed by atoms with E-state index in [0.29, 0.717) is 31.1 Å². The van der Waals surface area contributed by atoms with Crippen molar-refractivity contribution in [1.82, 2.24) is 4.90 Å². The lowest BCUT2D eigenvalue weighted by Gasteiger charge is -2.15. The summed E-state index contributed by atoms with van der Waals surface area (Å²) in [6, 6.07) is 0. The molecule has 0 amide bonds. The van der Waals surface area contributed by atoms with Gasteiger partial charge in [0.25, 0.3) is 10.9 Å². The minimum absolute atomic E-state index is 0.391. The predicted molar refractivity (Wildman–Crippen MR) is 73.4 cm³/mol. The van der Waals surface area contributed by atoms with E-state index in [9.17, 15) is 9.59 Å². The number of hydrogen-bond donors (Lipinski definition) is 2. The van der Waals surface area contributed by atoms with Crippen molar-refractivity contribution in [1.29, 1.82) is 0 Å². The van der Waals surface area contributed by atoms with E-state index < -0.39 is 10.9 Å². The zero-order chi connectivity index (χ0) is 13.5. The molecular formula is C12H21N3O3. The average Bonchev–Trinajstić information content (AvgIpc) is 2.35. The molecule has 1 rings (SSSR count). The van der Waals surface area contributed by atoms with Gasteiger partial charge in [0.1, 0.15) is 11.4 Å². The van der Waals surface area contributed by atoms with Crippen LogP contribution in [0.5, 0.6) is 0 Å². The molecule has 0 aliphatic rings. The van der Waals surface area contributed by atoms with E-state index in [1.807, 2.05) is 14.1 Å². The number of hydrogen-bond acceptors (Lipinski definition) is 6. The van der Waals surface area contributed by atoms with Gasteiger partial charge in [0.05, 0.1) is 6.61 Å². The Morgan fingerprint density at radius 2 is 1.61 bits per heavy atom. The van der Waals surface area contributed by atoms with Gasteiger partial charge in [-0.3, -0.25) is 9.59 Å². The highest BCUT2D eigenvalue weighted by Crippen LogP contribution is 2.13. The molecule has 1 aromatic carbocycles. The summed E-state index contributed by atoms with van der Waals surface area (Å²) in [5.41, 5.74) is -0.0715. The molecule has 0 fully saturated rings. The zero-order valence-corrected chi connectivity index (χ0v) is 11.2. The molecule has 0 bridgehead atoms. The minimum Gasteiger partial charge on any atom is -0.383 e. The molecule has 0 saturated heterocycles. The van der Waals surface area contributed by atoms with Crippen molar-refractivity contribution in [3.63, 3.8) is 0 Å². The number of rotatable bonds is 9. The summed E-state index contributed by atoms with van der Waals surface area (Å²) in [7, 11) is 5.58. The lowest BCUT2D eigenvalue weighted by atomic mass is 10.2. The summed E-state index contributed by atoms with van der Waals surface area (Å²) in [6.07, 6.45) is 0.920. The first kappa shape index (κ1) is 14.7. The van der Waals surface area contributed by atoms with E-state index in [1.165, 1.54) is 0 Å². The second-order valence-electron chi connectivity index (χ2n) is 4.41. The smallest absolute Gasteiger partial charge is 0.253 e. The maximum atomic E-state index is 11.4. The van der Waals surface area contributed by atoms with Gasteiger partial charge < -0.3 is 20.3 Å². The van der Waals surface area contributed by atoms with Crippen molar-refractivity contribution < 1.29 is 4.74 Å². The van der Waals surface area contributed by atoms with Gasteiger partial charge in [0, 0.05) is 20.2 Å². The van der Waals surface area contributed by atoms with Crippen LogP contribution in [0.2, 0.25) is 0 Å². The van der Waals surface area contributed by atoms with Crippen molar-refractivity contribution in [3.8, 4) is 0 Å². The van der Waals surface area contributed by atoms with Gasteiger partial charge in [-0.25, -0.2) is 0 Å². The number of ether oxygens (including phenoxy) is 1. The standard InChI is InChI=1S/C12H21N3O3/c1-15(2)7-4-5-13-9-10(12(17)11(9)16)14-6-8-18-3/h13-14H,4-8H2,1-3H3. The summed E-state index contributed by atoms with van der Waals surface area (Å²) < 4.78 is 4.88. The third-order valence-corrected chi connectivity index (χ3v) is 2.60. The first-order chi connectivity index (χ1) is 8.57. The molecule has 0 saturated carbocycles. The van der Waals surface area contributed by atoms with Crippen LogP contribution in [0.1, 0.15) is 6.42 Å². The Kier molecular flexibility index (Phi) is 5.80. The van der Waals surface area contributed by atoms with Gasteiger partial charge in [-0.15, -0.1) is 0 Å². The Bertz CT molecular complexity index is 436. The molecule has 0 heterocycles. The fourth-order valence-electron chi connectivity index (χ4n) is 1.62. The van der Waals surface area contributed by atoms with E-state index in [2.05, 4.69) is 15.5 Å². The third kappa shape index (κ3) is 3.82. The van der Waals surface area contributed by atoms with E-state index in [4.69, 9.17) is 4.74 Å². The molecule has 6 nitrogen and oxygen atoms in total. The van der Waals surface area contributed by atoms with Crippen LogP contribution in [-0.2, 0) is 4.74 Å². The summed E-state index contributed by atoms with van der Waals surface area (Å²) in [6.45, 7) is 2.64. The highest BCUT2D eigenvalue weighted by Gasteiger charge is 2.19. The Morgan fingerprint density at radius 3 is 2.11 bits per heavy atom. The molecule has 0 aromatic heterocycles. The van der Waals surface area contributed by atoms with E-state index >= 15 is 0 Å². The molecule has 0 radical (unpaired) electrons. The van der Waals surface area contributed by atoms with Crippen LogP contribution < -0.4 is 21.5 Å². The Morgan fingerprint density at radius 1 is 1.06 bits per heavy atom. The van der Waals surface area contributed by atoms with Crippen LogP contribution in [0.25, 0.3) is 0 Å². The molecule has 18 heavy (non-hydrogen) atoms. The number of methoxy groups -OCH3 is 1. The second kappa shape index (κ2) is 7.13. The Balaban J connectivity index is 2.42. The van der Waals surface area contributed by atoms with Crippen LogP contribution in [-0.4, -0.2) is 52.3 Å². The largest absolute Gasteiger partial charge is 0.383 e. The number of nitrogens with one attached hydrogen (secondary N) is 2. The van der Waals surface area contributed by atoms with E-state index in [1.54, 1.807) is 7.11 Å². The fraction of sp³-hybridized carbons (Fsp3) is 0.667.